The van der Waals surface area contributed by atoms with Crippen molar-refractivity contribution in [3.63, 3.8) is 0 Å². The van der Waals surface area contributed by atoms with E-state index >= 15 is 0 Å². The Bertz CT molecular complexity index is 504. The molecule has 0 amide bonds. The fraction of sp³-hybridized carbons (Fsp3) is 0.600. The Morgan fingerprint density at radius 2 is 2.14 bits per heavy atom. The summed E-state index contributed by atoms with van der Waals surface area (Å²) >= 11 is 0. The molecular weight excluding hydrogens is 281 g/mol. The van der Waals surface area contributed by atoms with E-state index < -0.39 is 6.36 Å². The van der Waals surface area contributed by atoms with E-state index in [1.807, 2.05) is 6.07 Å². The van der Waals surface area contributed by atoms with Crippen molar-refractivity contribution in [2.45, 2.75) is 32.2 Å². The van der Waals surface area contributed by atoms with Crippen LogP contribution in [0.4, 0.5) is 13.2 Å². The van der Waals surface area contributed by atoms with Crippen molar-refractivity contribution in [2.75, 3.05) is 20.1 Å². The van der Waals surface area contributed by atoms with E-state index in [-0.39, 0.29) is 11.2 Å². The minimum atomic E-state index is -4.68. The van der Waals surface area contributed by atoms with E-state index in [9.17, 15) is 13.2 Å². The largest absolute Gasteiger partial charge is 0.573 e. The summed E-state index contributed by atoms with van der Waals surface area (Å²) in [6, 6.07) is 4.91. The minimum Gasteiger partial charge on any atom is -0.405 e. The van der Waals surface area contributed by atoms with Crippen LogP contribution in [0.25, 0.3) is 0 Å². The van der Waals surface area contributed by atoms with Gasteiger partial charge in [-0.1, -0.05) is 26.0 Å². The van der Waals surface area contributed by atoms with Crippen LogP contribution in [0.5, 0.6) is 5.75 Å². The lowest BCUT2D eigenvalue weighted by molar-refractivity contribution is -0.274. The summed E-state index contributed by atoms with van der Waals surface area (Å²) in [4.78, 5) is 0. The zero-order chi connectivity index (χ0) is 15.7. The Balaban J connectivity index is 2.48. The predicted octanol–water partition coefficient (Wildman–Crippen LogP) is 2.80. The van der Waals surface area contributed by atoms with Crippen molar-refractivity contribution >= 4 is 0 Å². The van der Waals surface area contributed by atoms with E-state index in [1.54, 1.807) is 13.1 Å². The highest BCUT2D eigenvalue weighted by Gasteiger charge is 2.40. The van der Waals surface area contributed by atoms with Crippen LogP contribution in [0.2, 0.25) is 0 Å². The van der Waals surface area contributed by atoms with Crippen molar-refractivity contribution < 1.29 is 17.9 Å². The van der Waals surface area contributed by atoms with E-state index in [0.29, 0.717) is 18.0 Å². The number of ether oxygens (including phenoxy) is 1. The van der Waals surface area contributed by atoms with Crippen LogP contribution in [0.1, 0.15) is 25.0 Å². The zero-order valence-electron chi connectivity index (χ0n) is 12.5. The monoisotopic (exact) mass is 302 g/mol. The number of nitrogens with one attached hydrogen (secondary N) is 2. The first-order chi connectivity index (χ1) is 9.78. The van der Waals surface area contributed by atoms with Crippen LogP contribution in [0, 0.1) is 5.92 Å². The highest BCUT2D eigenvalue weighted by Crippen LogP contribution is 2.40. The van der Waals surface area contributed by atoms with Crippen LogP contribution >= 0.6 is 0 Å². The normalized spacial score (nSPS) is 26.1. The molecule has 6 heteroatoms. The van der Waals surface area contributed by atoms with Gasteiger partial charge in [0.25, 0.3) is 0 Å². The van der Waals surface area contributed by atoms with Crippen molar-refractivity contribution in [1.82, 2.24) is 10.6 Å². The first-order valence-corrected chi connectivity index (χ1v) is 7.01. The fourth-order valence-corrected chi connectivity index (χ4v) is 2.99. The molecule has 118 valence electrons. The number of halogens is 3. The maximum absolute atomic E-state index is 12.6. The number of hydrogen-bond acceptors (Lipinski definition) is 3. The Kier molecular flexibility index (Phi) is 4.49. The molecule has 0 aromatic heterocycles. The molecule has 21 heavy (non-hydrogen) atoms. The van der Waals surface area contributed by atoms with Crippen molar-refractivity contribution in [3.8, 4) is 5.75 Å². The molecular formula is C15H21F3N2O. The molecule has 0 radical (unpaired) electrons. The standard InChI is InChI=1S/C15H21F3N2O/c1-10-7-20-9-14(10,2)12-5-4-6-13(11(12)8-19-3)21-15(16,17)18/h4-6,10,19-20H,7-9H2,1-3H3. The summed E-state index contributed by atoms with van der Waals surface area (Å²) in [5.74, 6) is 0.226. The molecule has 1 aliphatic rings. The fourth-order valence-electron chi connectivity index (χ4n) is 2.99. The predicted molar refractivity (Wildman–Crippen MR) is 75.3 cm³/mol. The van der Waals surface area contributed by atoms with Gasteiger partial charge in [0.15, 0.2) is 0 Å². The summed E-state index contributed by atoms with van der Waals surface area (Å²) in [7, 11) is 1.72. The SMILES string of the molecule is CNCc1c(OC(F)(F)F)cccc1C1(C)CNCC1C. The van der Waals surface area contributed by atoms with Gasteiger partial charge in [-0.15, -0.1) is 13.2 Å². The van der Waals surface area contributed by atoms with Gasteiger partial charge in [-0.3, -0.25) is 0 Å². The zero-order valence-corrected chi connectivity index (χ0v) is 12.5. The number of benzene rings is 1. The molecule has 2 atom stereocenters. The van der Waals surface area contributed by atoms with Crippen LogP contribution < -0.4 is 15.4 Å². The quantitative estimate of drug-likeness (QED) is 0.897. The Morgan fingerprint density at radius 3 is 2.67 bits per heavy atom. The molecule has 1 aliphatic heterocycles. The molecule has 1 aromatic rings. The van der Waals surface area contributed by atoms with Crippen molar-refractivity contribution in [3.05, 3.63) is 29.3 Å². The van der Waals surface area contributed by atoms with Crippen molar-refractivity contribution in [2.24, 2.45) is 5.92 Å². The first kappa shape index (κ1) is 16.1. The summed E-state index contributed by atoms with van der Waals surface area (Å²) in [6.45, 7) is 6.15. The lowest BCUT2D eigenvalue weighted by atomic mass is 9.73. The van der Waals surface area contributed by atoms with E-state index in [2.05, 4.69) is 29.2 Å². The molecule has 1 aromatic carbocycles. The molecule has 0 saturated carbocycles. The highest BCUT2D eigenvalue weighted by atomic mass is 19.4. The molecule has 1 fully saturated rings. The molecule has 2 N–H and O–H groups in total. The van der Waals surface area contributed by atoms with Gasteiger partial charge in [-0.25, -0.2) is 0 Å². The van der Waals surface area contributed by atoms with Crippen molar-refractivity contribution in [1.29, 1.82) is 0 Å². The van der Waals surface area contributed by atoms with Crippen LogP contribution in [0.3, 0.4) is 0 Å². The van der Waals surface area contributed by atoms with Crippen LogP contribution in [0.15, 0.2) is 18.2 Å². The minimum absolute atomic E-state index is 0.116. The third-order valence-electron chi connectivity index (χ3n) is 4.36. The second kappa shape index (κ2) is 5.85. The van der Waals surface area contributed by atoms with Crippen LogP contribution in [-0.2, 0) is 12.0 Å². The first-order valence-electron chi connectivity index (χ1n) is 7.01. The van der Waals surface area contributed by atoms with E-state index in [0.717, 1.165) is 18.7 Å². The molecule has 0 spiro atoms. The summed E-state index contributed by atoms with van der Waals surface area (Å²) < 4.78 is 42.0. The highest BCUT2D eigenvalue weighted by molar-refractivity contribution is 5.45. The number of alkyl halides is 3. The molecule has 2 unspecified atom stereocenters. The third kappa shape index (κ3) is 3.32. The summed E-state index contributed by atoms with van der Waals surface area (Å²) in [5, 5.41) is 6.25. The molecule has 0 bridgehead atoms. The van der Waals surface area contributed by atoms with Gasteiger partial charge in [0.2, 0.25) is 0 Å². The Labute approximate surface area is 122 Å². The second-order valence-electron chi connectivity index (χ2n) is 5.81. The average molecular weight is 302 g/mol. The molecule has 1 heterocycles. The Hall–Kier alpha value is -1.27. The Morgan fingerprint density at radius 1 is 1.43 bits per heavy atom. The molecule has 3 nitrogen and oxygen atoms in total. The summed E-state index contributed by atoms with van der Waals surface area (Å²) in [6.07, 6.45) is -4.68. The lowest BCUT2D eigenvalue weighted by Crippen LogP contribution is -2.32. The smallest absolute Gasteiger partial charge is 0.405 e. The maximum atomic E-state index is 12.6. The van der Waals surface area contributed by atoms with Crippen LogP contribution in [-0.4, -0.2) is 26.5 Å². The van der Waals surface area contributed by atoms with Gasteiger partial charge in [0, 0.05) is 24.1 Å². The second-order valence-corrected chi connectivity index (χ2v) is 5.81. The molecule has 2 rings (SSSR count). The number of rotatable bonds is 4. The third-order valence-corrected chi connectivity index (χ3v) is 4.36. The van der Waals surface area contributed by atoms with E-state index in [1.165, 1.54) is 6.07 Å². The molecule has 0 aliphatic carbocycles. The summed E-state index contributed by atoms with van der Waals surface area (Å²) in [5.41, 5.74) is 1.29. The van der Waals surface area contributed by atoms with Gasteiger partial charge >= 0.3 is 6.36 Å². The van der Waals surface area contributed by atoms with E-state index in [4.69, 9.17) is 0 Å². The topological polar surface area (TPSA) is 33.3 Å². The van der Waals surface area contributed by atoms with Gasteiger partial charge in [-0.2, -0.15) is 0 Å². The maximum Gasteiger partial charge on any atom is 0.573 e. The number of hydrogen-bond donors (Lipinski definition) is 2. The van der Waals surface area contributed by atoms with Gasteiger partial charge in [-0.05, 0) is 31.1 Å². The van der Waals surface area contributed by atoms with Gasteiger partial charge in [0.1, 0.15) is 5.75 Å². The van der Waals surface area contributed by atoms with Gasteiger partial charge < -0.3 is 15.4 Å². The van der Waals surface area contributed by atoms with Gasteiger partial charge in [0.05, 0.1) is 0 Å². The molecule has 1 saturated heterocycles. The lowest BCUT2D eigenvalue weighted by Gasteiger charge is -2.32. The average Bonchev–Trinajstić information content (AvgIpc) is 2.71.